The van der Waals surface area contributed by atoms with E-state index in [0.717, 1.165) is 36.0 Å². The predicted octanol–water partition coefficient (Wildman–Crippen LogP) is 3.33. The minimum Gasteiger partial charge on any atom is -0.346 e. The monoisotopic (exact) mass is 384 g/mol. The number of anilines is 1. The first-order chi connectivity index (χ1) is 13.0. The number of nitro benzene ring substituents is 1. The van der Waals surface area contributed by atoms with Gasteiger partial charge in [-0.3, -0.25) is 10.1 Å². The highest BCUT2D eigenvalue weighted by Gasteiger charge is 2.53. The highest BCUT2D eigenvalue weighted by Crippen LogP contribution is 2.38. The molecule has 0 fully saturated rings. The maximum Gasteiger partial charge on any atom is 0.316 e. The van der Waals surface area contributed by atoms with E-state index in [-0.39, 0.29) is 5.69 Å². The van der Waals surface area contributed by atoms with Crippen LogP contribution in [0.4, 0.5) is 11.4 Å². The van der Waals surface area contributed by atoms with Gasteiger partial charge in [-0.05, 0) is 54.4 Å². The number of thioether (sulfide) groups is 1. The number of aryl methyl sites for hydroxylation is 1. The SMILES string of the molecule is CCc1ccc(N2C[C@@](O)(c3ccc([N+](=O)[O-])cc3)[N+]3=C2SCCC3)cc1. The zero-order chi connectivity index (χ0) is 19.0. The van der Waals surface area contributed by atoms with Gasteiger partial charge in [0.15, 0.2) is 6.54 Å². The molecule has 0 unspecified atom stereocenters. The van der Waals surface area contributed by atoms with Crippen LogP contribution in [-0.4, -0.2) is 38.6 Å². The number of benzene rings is 2. The molecule has 7 heteroatoms. The van der Waals surface area contributed by atoms with Gasteiger partial charge in [-0.1, -0.05) is 19.1 Å². The maximum absolute atomic E-state index is 11.6. The second kappa shape index (κ2) is 6.98. The number of hydrogen-bond acceptors (Lipinski definition) is 5. The van der Waals surface area contributed by atoms with Crippen LogP contribution in [0.25, 0.3) is 0 Å². The Morgan fingerprint density at radius 1 is 1.22 bits per heavy atom. The van der Waals surface area contributed by atoms with Crippen LogP contribution < -0.4 is 4.90 Å². The molecular formula is C20H22N3O3S+. The molecule has 27 heavy (non-hydrogen) atoms. The number of aliphatic hydroxyl groups is 1. The van der Waals surface area contributed by atoms with E-state index in [2.05, 4.69) is 36.1 Å². The van der Waals surface area contributed by atoms with Crippen LogP contribution in [0.5, 0.6) is 0 Å². The van der Waals surface area contributed by atoms with Crippen LogP contribution in [0.15, 0.2) is 48.5 Å². The van der Waals surface area contributed by atoms with Crippen LogP contribution in [-0.2, 0) is 12.1 Å². The van der Waals surface area contributed by atoms with Crippen LogP contribution in [0.2, 0.25) is 0 Å². The Morgan fingerprint density at radius 2 is 1.93 bits per heavy atom. The third-order valence-corrected chi connectivity index (χ3v) is 6.43. The lowest BCUT2D eigenvalue weighted by Crippen LogP contribution is -2.41. The van der Waals surface area contributed by atoms with E-state index in [1.165, 1.54) is 17.7 Å². The Morgan fingerprint density at radius 3 is 2.56 bits per heavy atom. The van der Waals surface area contributed by atoms with Gasteiger partial charge in [-0.15, -0.1) is 0 Å². The van der Waals surface area contributed by atoms with Crippen molar-refractivity contribution in [3.05, 3.63) is 69.8 Å². The summed E-state index contributed by atoms with van der Waals surface area (Å²) in [5.41, 5.74) is 1.85. The summed E-state index contributed by atoms with van der Waals surface area (Å²) in [6, 6.07) is 14.7. The number of β-amino-alcohol motifs (C(OH)–C–C–N with tert-alkyl or cyclic N) is 1. The number of nitro groups is 1. The third kappa shape index (κ3) is 3.11. The number of hydrogen-bond donors (Lipinski definition) is 1. The van der Waals surface area contributed by atoms with Crippen molar-refractivity contribution >= 4 is 28.3 Å². The molecule has 4 rings (SSSR count). The standard InChI is InChI=1S/C20H22N3O3S/c1-2-15-4-8-17(9-5-15)21-14-20(24,22-12-3-13-27-19(21)22)16-6-10-18(11-7-16)23(25)26/h4-11,24H,2-3,12-14H2,1H3/q+1/t20-/m1/s1. The zero-order valence-electron chi connectivity index (χ0n) is 15.2. The highest BCUT2D eigenvalue weighted by atomic mass is 32.2. The number of rotatable bonds is 4. The molecule has 0 aromatic heterocycles. The third-order valence-electron chi connectivity index (χ3n) is 5.24. The summed E-state index contributed by atoms with van der Waals surface area (Å²) in [6.07, 6.45) is 1.98. The minimum atomic E-state index is -1.19. The van der Waals surface area contributed by atoms with Crippen molar-refractivity contribution in [2.75, 3.05) is 23.7 Å². The van der Waals surface area contributed by atoms with Gasteiger partial charge in [-0.25, -0.2) is 9.48 Å². The summed E-state index contributed by atoms with van der Waals surface area (Å²) in [4.78, 5) is 12.7. The smallest absolute Gasteiger partial charge is 0.316 e. The number of nitrogens with zero attached hydrogens (tertiary/aromatic N) is 3. The van der Waals surface area contributed by atoms with E-state index in [9.17, 15) is 15.2 Å². The fourth-order valence-electron chi connectivity index (χ4n) is 3.71. The number of non-ortho nitro benzene ring substituents is 1. The van der Waals surface area contributed by atoms with Gasteiger partial charge in [0, 0.05) is 23.4 Å². The van der Waals surface area contributed by atoms with Crippen molar-refractivity contribution in [1.29, 1.82) is 0 Å². The molecule has 2 aromatic carbocycles. The lowest BCUT2D eigenvalue weighted by atomic mass is 10.0. The van der Waals surface area contributed by atoms with Gasteiger partial charge < -0.3 is 5.11 Å². The van der Waals surface area contributed by atoms with E-state index in [1.54, 1.807) is 23.9 Å². The van der Waals surface area contributed by atoms with Crippen LogP contribution >= 0.6 is 11.8 Å². The first-order valence-electron chi connectivity index (χ1n) is 9.14. The quantitative estimate of drug-likeness (QED) is 0.497. The molecule has 0 amide bonds. The van der Waals surface area contributed by atoms with E-state index in [4.69, 9.17) is 0 Å². The Labute approximate surface area is 162 Å². The van der Waals surface area contributed by atoms with Gasteiger partial charge in [0.2, 0.25) is 0 Å². The molecule has 0 bridgehead atoms. The van der Waals surface area contributed by atoms with Crippen molar-refractivity contribution in [3.8, 4) is 0 Å². The normalized spacial score (nSPS) is 22.1. The van der Waals surface area contributed by atoms with Crippen molar-refractivity contribution in [2.24, 2.45) is 0 Å². The molecule has 6 nitrogen and oxygen atoms in total. The van der Waals surface area contributed by atoms with E-state index in [1.807, 2.05) is 4.58 Å². The molecule has 0 saturated carbocycles. The lowest BCUT2D eigenvalue weighted by Gasteiger charge is -2.24. The average molecular weight is 384 g/mol. The van der Waals surface area contributed by atoms with Crippen molar-refractivity contribution in [1.82, 2.24) is 0 Å². The van der Waals surface area contributed by atoms with Gasteiger partial charge >= 0.3 is 5.17 Å². The van der Waals surface area contributed by atoms with Crippen molar-refractivity contribution < 1.29 is 14.6 Å². The fraction of sp³-hybridized carbons (Fsp3) is 0.350. The molecular weight excluding hydrogens is 362 g/mol. The highest BCUT2D eigenvalue weighted by molar-refractivity contribution is 8.13. The first kappa shape index (κ1) is 18.0. The maximum atomic E-state index is 11.6. The molecule has 0 saturated heterocycles. The Balaban J connectivity index is 1.73. The van der Waals surface area contributed by atoms with Crippen LogP contribution in [0.3, 0.4) is 0 Å². The van der Waals surface area contributed by atoms with Crippen molar-refractivity contribution in [2.45, 2.75) is 25.5 Å². The van der Waals surface area contributed by atoms with Crippen molar-refractivity contribution in [3.63, 3.8) is 0 Å². The molecule has 140 valence electrons. The van der Waals surface area contributed by atoms with Crippen LogP contribution in [0.1, 0.15) is 24.5 Å². The zero-order valence-corrected chi connectivity index (χ0v) is 16.0. The lowest BCUT2D eigenvalue weighted by molar-refractivity contribution is -0.656. The average Bonchev–Trinajstić information content (AvgIpc) is 3.02. The van der Waals surface area contributed by atoms with E-state index in [0.29, 0.717) is 12.1 Å². The topological polar surface area (TPSA) is 69.6 Å². The van der Waals surface area contributed by atoms with Gasteiger partial charge in [0.25, 0.3) is 11.4 Å². The molecule has 0 aliphatic carbocycles. The Hall–Kier alpha value is -2.38. The molecule has 2 aromatic rings. The van der Waals surface area contributed by atoms with Gasteiger partial charge in [0.05, 0.1) is 11.5 Å². The van der Waals surface area contributed by atoms with Gasteiger partial charge in [-0.2, -0.15) is 0 Å². The molecule has 2 aliphatic heterocycles. The van der Waals surface area contributed by atoms with E-state index >= 15 is 0 Å². The molecule has 1 atom stereocenters. The first-order valence-corrected chi connectivity index (χ1v) is 10.1. The molecule has 2 heterocycles. The summed E-state index contributed by atoms with van der Waals surface area (Å²) < 4.78 is 2.04. The molecule has 0 spiro atoms. The summed E-state index contributed by atoms with van der Waals surface area (Å²) in [5.74, 6) is 1.02. The second-order valence-corrected chi connectivity index (χ2v) is 7.93. The fourth-order valence-corrected chi connectivity index (χ4v) is 4.89. The van der Waals surface area contributed by atoms with Crippen LogP contribution in [0, 0.1) is 10.1 Å². The number of amidine groups is 1. The minimum absolute atomic E-state index is 0.0320. The summed E-state index contributed by atoms with van der Waals surface area (Å²) >= 11 is 1.75. The molecule has 0 radical (unpaired) electrons. The Kier molecular flexibility index (Phi) is 4.65. The summed E-state index contributed by atoms with van der Waals surface area (Å²) in [7, 11) is 0. The largest absolute Gasteiger partial charge is 0.346 e. The Bertz CT molecular complexity index is 896. The summed E-state index contributed by atoms with van der Waals surface area (Å²) in [6.45, 7) is 3.30. The summed E-state index contributed by atoms with van der Waals surface area (Å²) in [5, 5.41) is 23.6. The molecule has 2 aliphatic rings. The molecule has 1 N–H and O–H groups in total. The second-order valence-electron chi connectivity index (χ2n) is 6.86. The van der Waals surface area contributed by atoms with Gasteiger partial charge in [0.1, 0.15) is 5.69 Å². The predicted molar refractivity (Wildman–Crippen MR) is 107 cm³/mol. The van der Waals surface area contributed by atoms with E-state index < -0.39 is 10.6 Å².